The van der Waals surface area contributed by atoms with Gasteiger partial charge in [0.25, 0.3) is 5.91 Å². The van der Waals surface area contributed by atoms with Gasteiger partial charge in [-0.05, 0) is 49.7 Å². The van der Waals surface area contributed by atoms with E-state index in [0.29, 0.717) is 17.9 Å². The number of carbonyl (C=O) groups is 1. The molecule has 0 bridgehead atoms. The van der Waals surface area contributed by atoms with Crippen molar-refractivity contribution in [1.29, 1.82) is 0 Å². The van der Waals surface area contributed by atoms with E-state index in [4.69, 9.17) is 16.3 Å². The number of nitrogens with one attached hydrogen (secondary N) is 1. The molecule has 0 atom stereocenters. The van der Waals surface area contributed by atoms with Gasteiger partial charge in [0.05, 0.1) is 11.3 Å². The first-order chi connectivity index (χ1) is 13.9. The van der Waals surface area contributed by atoms with Gasteiger partial charge in [0.15, 0.2) is 0 Å². The van der Waals surface area contributed by atoms with Crippen LogP contribution in [0.2, 0.25) is 5.02 Å². The predicted octanol–water partition coefficient (Wildman–Crippen LogP) is 4.37. The molecule has 0 saturated carbocycles. The smallest absolute Gasteiger partial charge is 0.313 e. The number of nitro benzene ring substituents is 1. The van der Waals surface area contributed by atoms with Crippen LogP contribution in [-0.4, -0.2) is 26.9 Å². The number of hydrogen-bond acceptors (Lipinski definition) is 5. The average molecular weight is 415 g/mol. The number of imidazole rings is 1. The van der Waals surface area contributed by atoms with Gasteiger partial charge in [-0.25, -0.2) is 4.98 Å². The fourth-order valence-corrected chi connectivity index (χ4v) is 2.86. The molecule has 9 heteroatoms. The van der Waals surface area contributed by atoms with Crippen LogP contribution in [0.3, 0.4) is 0 Å². The van der Waals surface area contributed by atoms with E-state index in [1.807, 2.05) is 11.5 Å². The number of nitro groups is 1. The zero-order chi connectivity index (χ0) is 20.8. The van der Waals surface area contributed by atoms with Crippen LogP contribution >= 0.6 is 11.6 Å². The molecule has 3 rings (SSSR count). The van der Waals surface area contributed by atoms with E-state index in [1.54, 1.807) is 36.8 Å². The minimum absolute atomic E-state index is 0.0754. The molecule has 0 fully saturated rings. The summed E-state index contributed by atoms with van der Waals surface area (Å²) < 4.78 is 7.59. The van der Waals surface area contributed by atoms with E-state index in [1.165, 1.54) is 18.2 Å². The van der Waals surface area contributed by atoms with Crippen molar-refractivity contribution in [2.45, 2.75) is 19.9 Å². The molecule has 0 aliphatic heterocycles. The first kappa shape index (κ1) is 20.3. The molecule has 1 heterocycles. The quantitative estimate of drug-likeness (QED) is 0.335. The summed E-state index contributed by atoms with van der Waals surface area (Å²) in [7, 11) is 0. The normalized spacial score (nSPS) is 10.6. The molecule has 1 aromatic heterocycles. The number of amides is 1. The molecule has 8 nitrogen and oxygen atoms in total. The van der Waals surface area contributed by atoms with E-state index in [0.717, 1.165) is 18.7 Å². The summed E-state index contributed by atoms with van der Waals surface area (Å²) in [5.41, 5.74) is 1.32. The lowest BCUT2D eigenvalue weighted by Gasteiger charge is -2.09. The minimum atomic E-state index is -0.561. The standard InChI is InChI=1S/C20H19ClN4O4/c1-14-12-22-13-24(14)10-2-9-23-20(26)15-3-6-17(7-4-15)29-19-8-5-16(21)11-18(19)25(27)28/h3-8,11-13H,2,9-10H2,1H3,(H,23,26). The summed E-state index contributed by atoms with van der Waals surface area (Å²) >= 11 is 5.80. The van der Waals surface area contributed by atoms with Gasteiger partial charge >= 0.3 is 5.69 Å². The van der Waals surface area contributed by atoms with E-state index < -0.39 is 4.92 Å². The Hall–Kier alpha value is -3.39. The number of nitrogens with zero attached hydrogens (tertiary/aromatic N) is 3. The Kier molecular flexibility index (Phi) is 6.46. The first-order valence-electron chi connectivity index (χ1n) is 8.91. The third kappa shape index (κ3) is 5.32. The van der Waals surface area contributed by atoms with Gasteiger partial charge in [-0.1, -0.05) is 11.6 Å². The second-order valence-corrected chi connectivity index (χ2v) is 6.77. The summed E-state index contributed by atoms with van der Waals surface area (Å²) in [4.78, 5) is 26.9. The van der Waals surface area contributed by atoms with Gasteiger partial charge < -0.3 is 14.6 Å². The van der Waals surface area contributed by atoms with Gasteiger partial charge in [0.2, 0.25) is 5.75 Å². The fraction of sp³-hybridized carbons (Fsp3) is 0.200. The Bertz CT molecular complexity index is 1020. The second-order valence-electron chi connectivity index (χ2n) is 6.33. The summed E-state index contributed by atoms with van der Waals surface area (Å²) in [5, 5.41) is 14.2. The first-order valence-corrected chi connectivity index (χ1v) is 9.28. The van der Waals surface area contributed by atoms with Crippen molar-refractivity contribution in [3.63, 3.8) is 0 Å². The van der Waals surface area contributed by atoms with Crippen molar-refractivity contribution in [2.75, 3.05) is 6.54 Å². The number of ether oxygens (including phenoxy) is 1. The third-order valence-corrected chi connectivity index (χ3v) is 4.48. The molecular formula is C20H19ClN4O4. The molecule has 0 saturated heterocycles. The maximum atomic E-state index is 12.2. The largest absolute Gasteiger partial charge is 0.450 e. The molecule has 0 aliphatic carbocycles. The van der Waals surface area contributed by atoms with Crippen LogP contribution in [-0.2, 0) is 6.54 Å². The molecule has 1 N–H and O–H groups in total. The highest BCUT2D eigenvalue weighted by molar-refractivity contribution is 6.30. The molecule has 2 aromatic carbocycles. The number of aromatic nitrogens is 2. The number of benzene rings is 2. The third-order valence-electron chi connectivity index (χ3n) is 4.24. The number of rotatable bonds is 8. The van der Waals surface area contributed by atoms with E-state index in [-0.39, 0.29) is 22.4 Å². The van der Waals surface area contributed by atoms with Crippen molar-refractivity contribution in [2.24, 2.45) is 0 Å². The number of hydrogen-bond donors (Lipinski definition) is 1. The molecule has 0 spiro atoms. The highest BCUT2D eigenvalue weighted by Gasteiger charge is 2.16. The Morgan fingerprint density at radius 3 is 2.69 bits per heavy atom. The van der Waals surface area contributed by atoms with Crippen LogP contribution in [0.5, 0.6) is 11.5 Å². The highest BCUT2D eigenvalue weighted by atomic mass is 35.5. The minimum Gasteiger partial charge on any atom is -0.450 e. The fourth-order valence-electron chi connectivity index (χ4n) is 2.70. The van der Waals surface area contributed by atoms with Crippen LogP contribution in [0.25, 0.3) is 0 Å². The summed E-state index contributed by atoms with van der Waals surface area (Å²) in [6.07, 6.45) is 4.34. The van der Waals surface area contributed by atoms with Crippen LogP contribution in [0.1, 0.15) is 22.5 Å². The lowest BCUT2D eigenvalue weighted by Crippen LogP contribution is -2.25. The van der Waals surface area contributed by atoms with Crippen LogP contribution in [0.4, 0.5) is 5.69 Å². The second kappa shape index (κ2) is 9.20. The Labute approximate surface area is 172 Å². The Balaban J connectivity index is 1.55. The molecule has 29 heavy (non-hydrogen) atoms. The molecule has 1 amide bonds. The van der Waals surface area contributed by atoms with Crippen molar-refractivity contribution < 1.29 is 14.5 Å². The molecule has 150 valence electrons. The van der Waals surface area contributed by atoms with E-state index >= 15 is 0 Å². The van der Waals surface area contributed by atoms with Crippen LogP contribution in [0, 0.1) is 17.0 Å². The zero-order valence-electron chi connectivity index (χ0n) is 15.7. The number of aryl methyl sites for hydroxylation is 2. The lowest BCUT2D eigenvalue weighted by molar-refractivity contribution is -0.385. The Morgan fingerprint density at radius 2 is 2.03 bits per heavy atom. The topological polar surface area (TPSA) is 99.3 Å². The summed E-state index contributed by atoms with van der Waals surface area (Å²) in [6, 6.07) is 10.5. The summed E-state index contributed by atoms with van der Waals surface area (Å²) in [5.74, 6) is 0.255. The van der Waals surface area contributed by atoms with Crippen molar-refractivity contribution in [3.8, 4) is 11.5 Å². The molecule has 0 aliphatic rings. The maximum absolute atomic E-state index is 12.2. The van der Waals surface area contributed by atoms with Gasteiger partial charge in [0, 0.05) is 41.6 Å². The lowest BCUT2D eigenvalue weighted by atomic mass is 10.2. The van der Waals surface area contributed by atoms with Crippen molar-refractivity contribution in [3.05, 3.63) is 81.4 Å². The number of halogens is 1. The Morgan fingerprint density at radius 1 is 1.28 bits per heavy atom. The number of carbonyl (C=O) groups excluding carboxylic acids is 1. The van der Waals surface area contributed by atoms with Crippen molar-refractivity contribution >= 4 is 23.2 Å². The molecular weight excluding hydrogens is 396 g/mol. The highest BCUT2D eigenvalue weighted by Crippen LogP contribution is 2.33. The molecule has 0 unspecified atom stereocenters. The van der Waals surface area contributed by atoms with Gasteiger partial charge in [-0.15, -0.1) is 0 Å². The van der Waals surface area contributed by atoms with Crippen LogP contribution < -0.4 is 10.1 Å². The molecule has 0 radical (unpaired) electrons. The predicted molar refractivity (Wildman–Crippen MR) is 109 cm³/mol. The average Bonchev–Trinajstić information content (AvgIpc) is 3.11. The van der Waals surface area contributed by atoms with Gasteiger partial charge in [-0.3, -0.25) is 14.9 Å². The van der Waals surface area contributed by atoms with E-state index in [9.17, 15) is 14.9 Å². The SMILES string of the molecule is Cc1cncn1CCCNC(=O)c1ccc(Oc2ccc(Cl)cc2[N+](=O)[O-])cc1. The maximum Gasteiger partial charge on any atom is 0.313 e. The zero-order valence-corrected chi connectivity index (χ0v) is 16.4. The van der Waals surface area contributed by atoms with E-state index in [2.05, 4.69) is 10.3 Å². The van der Waals surface area contributed by atoms with Gasteiger partial charge in [0.1, 0.15) is 5.75 Å². The van der Waals surface area contributed by atoms with Gasteiger partial charge in [-0.2, -0.15) is 0 Å². The van der Waals surface area contributed by atoms with Crippen LogP contribution in [0.15, 0.2) is 55.0 Å². The van der Waals surface area contributed by atoms with Crippen molar-refractivity contribution in [1.82, 2.24) is 14.9 Å². The molecule has 3 aromatic rings. The summed E-state index contributed by atoms with van der Waals surface area (Å²) in [6.45, 7) is 3.29. The monoisotopic (exact) mass is 414 g/mol.